The second-order valence-corrected chi connectivity index (χ2v) is 8.89. The van der Waals surface area contributed by atoms with Crippen LogP contribution < -0.4 is 21.3 Å². The number of carbonyl (C=O) groups is 2. The number of nitro benzene ring substituents is 1. The molecule has 0 radical (unpaired) electrons. The van der Waals surface area contributed by atoms with Gasteiger partial charge >= 0.3 is 0 Å². The van der Waals surface area contributed by atoms with Crippen molar-refractivity contribution in [2.75, 3.05) is 10.6 Å². The third kappa shape index (κ3) is 7.83. The monoisotopic (exact) mass is 503 g/mol. The topological polar surface area (TPSA) is 125 Å². The molecule has 164 valence electrons. The lowest BCUT2D eigenvalue weighted by Gasteiger charge is -2.27. The van der Waals surface area contributed by atoms with Crippen molar-refractivity contribution >= 4 is 81.0 Å². The summed E-state index contributed by atoms with van der Waals surface area (Å²) in [6, 6.07) is 11.7. The van der Waals surface area contributed by atoms with E-state index >= 15 is 0 Å². The van der Waals surface area contributed by atoms with Gasteiger partial charge in [-0.2, -0.15) is 0 Å². The summed E-state index contributed by atoms with van der Waals surface area (Å²) in [5.41, 5.74) is 0.911. The number of alkyl halides is 3. The predicted octanol–water partition coefficient (Wildman–Crippen LogP) is 3.97. The van der Waals surface area contributed by atoms with Crippen molar-refractivity contribution in [1.82, 2.24) is 10.6 Å². The molecular weight excluding hydrogens is 489 g/mol. The number of amides is 2. The van der Waals surface area contributed by atoms with E-state index in [0.29, 0.717) is 11.4 Å². The number of non-ortho nitro benzene ring substituents is 1. The van der Waals surface area contributed by atoms with Gasteiger partial charge in [0.1, 0.15) is 6.17 Å². The minimum atomic E-state index is -2.00. The van der Waals surface area contributed by atoms with Gasteiger partial charge < -0.3 is 21.3 Å². The maximum Gasteiger partial charge on any atom is 0.270 e. The number of nitrogens with one attached hydrogen (secondary N) is 4. The minimum Gasteiger partial charge on any atom is -0.339 e. The zero-order valence-corrected chi connectivity index (χ0v) is 18.9. The summed E-state index contributed by atoms with van der Waals surface area (Å²) in [6.07, 6.45) is -1.26. The van der Waals surface area contributed by atoms with Crippen molar-refractivity contribution < 1.29 is 14.5 Å². The number of rotatable bonds is 6. The Labute approximate surface area is 197 Å². The first-order chi connectivity index (χ1) is 14.5. The Morgan fingerprint density at radius 3 is 2.13 bits per heavy atom. The number of hydrogen-bond acceptors (Lipinski definition) is 5. The van der Waals surface area contributed by atoms with Crippen molar-refractivity contribution in [3.63, 3.8) is 0 Å². The van der Waals surface area contributed by atoms with E-state index in [1.54, 1.807) is 24.3 Å². The summed E-state index contributed by atoms with van der Waals surface area (Å²) in [5.74, 6) is -0.919. The van der Waals surface area contributed by atoms with Gasteiger partial charge in [0.25, 0.3) is 11.6 Å². The fraction of sp³-hybridized carbons (Fsp3) is 0.167. The van der Waals surface area contributed by atoms with Gasteiger partial charge in [-0.15, -0.1) is 0 Å². The van der Waals surface area contributed by atoms with E-state index in [1.807, 2.05) is 0 Å². The zero-order valence-electron chi connectivity index (χ0n) is 15.8. The average Bonchev–Trinajstić information content (AvgIpc) is 2.68. The molecule has 2 rings (SSSR count). The molecule has 0 saturated heterocycles. The standard InChI is InChI=1S/C18H16Cl3N5O4S/c1-10(27)22-12-5-7-13(8-6-12)23-17(31)25-16(18(19,20)21)24-15(28)11-3-2-4-14(9-11)26(29)30/h2-9,16H,1H3,(H,22,27)(H,24,28)(H2,23,25,31). The lowest BCUT2D eigenvalue weighted by Crippen LogP contribution is -2.56. The van der Waals surface area contributed by atoms with Crippen LogP contribution in [-0.4, -0.2) is 31.8 Å². The molecule has 0 fully saturated rings. The molecule has 0 aromatic heterocycles. The first-order valence-corrected chi connectivity index (χ1v) is 10.1. The van der Waals surface area contributed by atoms with Crippen LogP contribution in [0.15, 0.2) is 48.5 Å². The Balaban J connectivity index is 2.06. The summed E-state index contributed by atoms with van der Waals surface area (Å²) >= 11 is 23.0. The lowest BCUT2D eigenvalue weighted by atomic mass is 10.2. The minimum absolute atomic E-state index is 0.00249. The third-order valence-electron chi connectivity index (χ3n) is 3.66. The van der Waals surface area contributed by atoms with Gasteiger partial charge in [0.05, 0.1) is 4.92 Å². The van der Waals surface area contributed by atoms with E-state index in [4.69, 9.17) is 47.0 Å². The molecule has 0 bridgehead atoms. The van der Waals surface area contributed by atoms with Crippen LogP contribution in [0.4, 0.5) is 17.1 Å². The molecule has 1 atom stereocenters. The number of hydrogen-bond donors (Lipinski definition) is 4. The number of anilines is 2. The normalized spacial score (nSPS) is 11.7. The second-order valence-electron chi connectivity index (χ2n) is 6.11. The van der Waals surface area contributed by atoms with Gasteiger partial charge in [0.15, 0.2) is 5.11 Å². The molecule has 9 nitrogen and oxygen atoms in total. The molecule has 1 unspecified atom stereocenters. The van der Waals surface area contributed by atoms with E-state index in [9.17, 15) is 19.7 Å². The van der Waals surface area contributed by atoms with Crippen molar-refractivity contribution in [1.29, 1.82) is 0 Å². The first kappa shape index (κ1) is 24.6. The number of nitrogens with zero attached hydrogens (tertiary/aromatic N) is 1. The summed E-state index contributed by atoms with van der Waals surface area (Å²) in [6.45, 7) is 1.39. The molecule has 0 aliphatic heterocycles. The maximum atomic E-state index is 12.5. The average molecular weight is 505 g/mol. The Bertz CT molecular complexity index is 998. The van der Waals surface area contributed by atoms with Crippen LogP contribution in [0.1, 0.15) is 17.3 Å². The molecule has 13 heteroatoms. The summed E-state index contributed by atoms with van der Waals surface area (Å²) in [4.78, 5) is 33.8. The van der Waals surface area contributed by atoms with Gasteiger partial charge in [-0.05, 0) is 42.5 Å². The molecule has 0 heterocycles. The molecule has 2 aromatic rings. The van der Waals surface area contributed by atoms with E-state index in [2.05, 4.69) is 21.3 Å². The molecular formula is C18H16Cl3N5O4S. The number of carbonyl (C=O) groups excluding carboxylic acids is 2. The van der Waals surface area contributed by atoms with Crippen molar-refractivity contribution in [3.05, 3.63) is 64.2 Å². The highest BCUT2D eigenvalue weighted by molar-refractivity contribution is 7.80. The first-order valence-electron chi connectivity index (χ1n) is 8.53. The fourth-order valence-electron chi connectivity index (χ4n) is 2.31. The number of benzene rings is 2. The fourth-order valence-corrected chi connectivity index (χ4v) is 2.88. The Morgan fingerprint density at radius 2 is 1.61 bits per heavy atom. The van der Waals surface area contributed by atoms with Gasteiger partial charge in [0, 0.05) is 36.0 Å². The van der Waals surface area contributed by atoms with Crippen LogP contribution in [-0.2, 0) is 4.79 Å². The predicted molar refractivity (Wildman–Crippen MR) is 125 cm³/mol. The second kappa shape index (κ2) is 10.6. The Kier molecular flexibility index (Phi) is 8.40. The van der Waals surface area contributed by atoms with Gasteiger partial charge in [-0.1, -0.05) is 40.9 Å². The van der Waals surface area contributed by atoms with Gasteiger partial charge in [-0.25, -0.2) is 0 Å². The summed E-state index contributed by atoms with van der Waals surface area (Å²) in [5, 5.41) is 21.5. The van der Waals surface area contributed by atoms with E-state index in [0.717, 1.165) is 6.07 Å². The number of thiocarbonyl (C=S) groups is 1. The third-order valence-corrected chi connectivity index (χ3v) is 4.54. The van der Waals surface area contributed by atoms with Crippen molar-refractivity contribution in [2.24, 2.45) is 0 Å². The van der Waals surface area contributed by atoms with Crippen LogP contribution >= 0.6 is 47.0 Å². The van der Waals surface area contributed by atoms with E-state index in [-0.39, 0.29) is 22.3 Å². The quantitative estimate of drug-likeness (QED) is 0.154. The van der Waals surface area contributed by atoms with Crippen LogP contribution in [0, 0.1) is 10.1 Å². The van der Waals surface area contributed by atoms with E-state index in [1.165, 1.54) is 25.1 Å². The zero-order chi connectivity index (χ0) is 23.2. The number of nitro groups is 1. The SMILES string of the molecule is CC(=O)Nc1ccc(NC(=S)NC(NC(=O)c2cccc([N+](=O)[O-])c2)C(Cl)(Cl)Cl)cc1. The van der Waals surface area contributed by atoms with Crippen LogP contribution in [0.5, 0.6) is 0 Å². The Hall–Kier alpha value is -2.66. The molecule has 0 saturated carbocycles. The molecule has 2 aromatic carbocycles. The molecule has 0 aliphatic rings. The lowest BCUT2D eigenvalue weighted by molar-refractivity contribution is -0.384. The van der Waals surface area contributed by atoms with Crippen LogP contribution in [0.3, 0.4) is 0 Å². The van der Waals surface area contributed by atoms with Crippen molar-refractivity contribution in [2.45, 2.75) is 16.9 Å². The van der Waals surface area contributed by atoms with Crippen molar-refractivity contribution in [3.8, 4) is 0 Å². The van der Waals surface area contributed by atoms with Gasteiger partial charge in [-0.3, -0.25) is 19.7 Å². The number of halogens is 3. The molecule has 31 heavy (non-hydrogen) atoms. The highest BCUT2D eigenvalue weighted by Crippen LogP contribution is 2.29. The maximum absolute atomic E-state index is 12.5. The van der Waals surface area contributed by atoms with Crippen LogP contribution in [0.2, 0.25) is 0 Å². The van der Waals surface area contributed by atoms with Gasteiger partial charge in [0.2, 0.25) is 9.70 Å². The van der Waals surface area contributed by atoms with Crippen LogP contribution in [0.25, 0.3) is 0 Å². The highest BCUT2D eigenvalue weighted by atomic mass is 35.6. The molecule has 4 N–H and O–H groups in total. The summed E-state index contributed by atoms with van der Waals surface area (Å²) in [7, 11) is 0. The van der Waals surface area contributed by atoms with E-state index < -0.39 is 20.8 Å². The largest absolute Gasteiger partial charge is 0.339 e. The smallest absolute Gasteiger partial charge is 0.270 e. The summed E-state index contributed by atoms with van der Waals surface area (Å²) < 4.78 is -2.00. The molecule has 0 aliphatic carbocycles. The highest BCUT2D eigenvalue weighted by Gasteiger charge is 2.35. The molecule has 2 amide bonds. The Morgan fingerprint density at radius 1 is 1.03 bits per heavy atom. The molecule has 0 spiro atoms.